The number of hydrogen-bond acceptors (Lipinski definition) is 4. The smallest absolute Gasteiger partial charge is 0.195 e. The third kappa shape index (κ3) is 8.40. The van der Waals surface area contributed by atoms with Gasteiger partial charge < -0.3 is 5.32 Å². The van der Waals surface area contributed by atoms with E-state index >= 15 is 0 Å². The molecule has 0 amide bonds. The summed E-state index contributed by atoms with van der Waals surface area (Å²) >= 11 is 9.25. The van der Waals surface area contributed by atoms with Gasteiger partial charge in [-0.25, -0.2) is 14.3 Å². The molecule has 0 fully saturated rings. The maximum atomic E-state index is 12.5. The molecule has 0 aromatic heterocycles. The second-order valence-electron chi connectivity index (χ2n) is 4.18. The van der Waals surface area contributed by atoms with E-state index in [0.29, 0.717) is 23.1 Å². The Bertz CT molecular complexity index is 687. The first-order chi connectivity index (χ1) is 11.5. The molecule has 8 heteroatoms. The van der Waals surface area contributed by atoms with Crippen LogP contribution in [0.3, 0.4) is 0 Å². The number of nitrogens with zero attached hydrogens (tertiary/aromatic N) is 1. The number of halogens is 2. The van der Waals surface area contributed by atoms with Crippen LogP contribution in [0.15, 0.2) is 53.5 Å². The van der Waals surface area contributed by atoms with Crippen LogP contribution < -0.4 is 10.8 Å². The zero-order valence-electron chi connectivity index (χ0n) is 12.8. The molecular formula is C16H15F2N3OS2. The molecule has 0 aliphatic heterocycles. The minimum atomic E-state index is -0.278. The molecule has 0 aliphatic rings. The average Bonchev–Trinajstić information content (AvgIpc) is 2.58. The molecule has 126 valence electrons. The van der Waals surface area contributed by atoms with Crippen molar-refractivity contribution in [2.45, 2.75) is 6.92 Å². The summed E-state index contributed by atoms with van der Waals surface area (Å²) in [7, 11) is 0. The van der Waals surface area contributed by atoms with Crippen molar-refractivity contribution in [3.8, 4) is 0 Å². The predicted molar refractivity (Wildman–Crippen MR) is 98.5 cm³/mol. The fraction of sp³-hybridized carbons (Fsp3) is 0.125. The summed E-state index contributed by atoms with van der Waals surface area (Å²) in [5.74, 6) is -0.553. The van der Waals surface area contributed by atoms with Gasteiger partial charge in [-0.2, -0.15) is 4.99 Å². The van der Waals surface area contributed by atoms with Gasteiger partial charge >= 0.3 is 0 Å². The number of isothiocyanates is 1. The van der Waals surface area contributed by atoms with Crippen molar-refractivity contribution in [1.82, 2.24) is 5.48 Å². The van der Waals surface area contributed by atoms with Gasteiger partial charge in [0.15, 0.2) is 5.11 Å². The summed E-state index contributed by atoms with van der Waals surface area (Å²) < 4.78 is 24.8. The Morgan fingerprint density at radius 3 is 2.12 bits per heavy atom. The van der Waals surface area contributed by atoms with E-state index in [0.717, 1.165) is 0 Å². The average molecular weight is 367 g/mol. The van der Waals surface area contributed by atoms with Crippen molar-refractivity contribution in [3.63, 3.8) is 0 Å². The maximum absolute atomic E-state index is 12.5. The Morgan fingerprint density at radius 1 is 1.08 bits per heavy atom. The van der Waals surface area contributed by atoms with Crippen molar-refractivity contribution in [2.75, 3.05) is 11.9 Å². The first-order valence-electron chi connectivity index (χ1n) is 6.83. The van der Waals surface area contributed by atoms with Crippen LogP contribution in [0.1, 0.15) is 6.92 Å². The number of aliphatic imine (C=N–C) groups is 1. The Hall–Kier alpha value is -2.25. The molecule has 2 aromatic carbocycles. The number of thiocarbonyl (C=S) groups is 2. The molecule has 2 N–H and O–H groups in total. The largest absolute Gasteiger partial charge is 0.331 e. The van der Waals surface area contributed by atoms with Crippen LogP contribution in [-0.2, 0) is 4.84 Å². The Balaban J connectivity index is 0.000000254. The Labute approximate surface area is 149 Å². The van der Waals surface area contributed by atoms with E-state index in [1.165, 1.54) is 36.4 Å². The van der Waals surface area contributed by atoms with Crippen LogP contribution in [0.4, 0.5) is 20.2 Å². The third-order valence-corrected chi connectivity index (χ3v) is 2.69. The minimum Gasteiger partial charge on any atom is -0.331 e. The number of nitrogens with one attached hydrogen (secondary N) is 2. The van der Waals surface area contributed by atoms with Crippen LogP contribution in [0, 0.1) is 11.6 Å². The van der Waals surface area contributed by atoms with Crippen LogP contribution in [0.2, 0.25) is 0 Å². The van der Waals surface area contributed by atoms with Gasteiger partial charge in [-0.05, 0) is 79.9 Å². The minimum absolute atomic E-state index is 0.275. The van der Waals surface area contributed by atoms with Gasteiger partial charge in [0.25, 0.3) is 0 Å². The fourth-order valence-corrected chi connectivity index (χ4v) is 1.68. The molecule has 4 nitrogen and oxygen atoms in total. The molecule has 2 rings (SSSR count). The molecular weight excluding hydrogens is 352 g/mol. The zero-order chi connectivity index (χ0) is 17.8. The van der Waals surface area contributed by atoms with E-state index in [-0.39, 0.29) is 11.6 Å². The maximum Gasteiger partial charge on any atom is 0.195 e. The topological polar surface area (TPSA) is 45.6 Å². The van der Waals surface area contributed by atoms with Crippen molar-refractivity contribution in [3.05, 3.63) is 60.2 Å². The van der Waals surface area contributed by atoms with E-state index in [1.54, 1.807) is 12.1 Å². The summed E-state index contributed by atoms with van der Waals surface area (Å²) in [6.07, 6.45) is 0. The first-order valence-corrected chi connectivity index (χ1v) is 7.64. The highest BCUT2D eigenvalue weighted by Crippen LogP contribution is 2.10. The van der Waals surface area contributed by atoms with Crippen molar-refractivity contribution >= 4 is 46.1 Å². The second-order valence-corrected chi connectivity index (χ2v) is 4.77. The van der Waals surface area contributed by atoms with Gasteiger partial charge in [0.2, 0.25) is 0 Å². The van der Waals surface area contributed by atoms with Crippen LogP contribution in [0.5, 0.6) is 0 Å². The Kier molecular flexibility index (Phi) is 9.33. The highest BCUT2D eigenvalue weighted by Gasteiger charge is 1.96. The lowest BCUT2D eigenvalue weighted by Crippen LogP contribution is -2.28. The molecule has 0 aliphatic carbocycles. The SMILES string of the molecule is CCONC(=S)Nc1ccc(F)cc1.Fc1ccc(N=C=S)cc1. The summed E-state index contributed by atoms with van der Waals surface area (Å²) in [6.45, 7) is 2.36. The van der Waals surface area contributed by atoms with Crippen molar-refractivity contribution < 1.29 is 13.6 Å². The van der Waals surface area contributed by atoms with E-state index in [2.05, 4.69) is 33.2 Å². The highest BCUT2D eigenvalue weighted by molar-refractivity contribution is 7.80. The van der Waals surface area contributed by atoms with Crippen LogP contribution in [0.25, 0.3) is 0 Å². The molecule has 2 aromatic rings. The lowest BCUT2D eigenvalue weighted by molar-refractivity contribution is 0.0986. The summed E-state index contributed by atoms with van der Waals surface area (Å²) in [5.41, 5.74) is 3.86. The first kappa shape index (κ1) is 19.8. The summed E-state index contributed by atoms with van der Waals surface area (Å²) in [4.78, 5) is 8.51. The van der Waals surface area contributed by atoms with Gasteiger partial charge in [-0.3, -0.25) is 4.84 Å². The lowest BCUT2D eigenvalue weighted by Gasteiger charge is -2.08. The van der Waals surface area contributed by atoms with E-state index < -0.39 is 0 Å². The van der Waals surface area contributed by atoms with Gasteiger partial charge in [-0.1, -0.05) is 0 Å². The van der Waals surface area contributed by atoms with Crippen LogP contribution in [-0.4, -0.2) is 16.9 Å². The predicted octanol–water partition coefficient (Wildman–Crippen LogP) is 4.62. The van der Waals surface area contributed by atoms with Crippen molar-refractivity contribution in [2.24, 2.45) is 4.99 Å². The highest BCUT2D eigenvalue weighted by atomic mass is 32.1. The van der Waals surface area contributed by atoms with E-state index in [9.17, 15) is 8.78 Å². The quantitative estimate of drug-likeness (QED) is 0.469. The fourth-order valence-electron chi connectivity index (χ4n) is 1.40. The third-order valence-electron chi connectivity index (χ3n) is 2.41. The zero-order valence-corrected chi connectivity index (χ0v) is 14.4. The van der Waals surface area contributed by atoms with Crippen LogP contribution >= 0.6 is 24.4 Å². The van der Waals surface area contributed by atoms with E-state index in [1.807, 2.05) is 6.92 Å². The summed E-state index contributed by atoms with van der Waals surface area (Å²) in [6, 6.07) is 11.6. The number of hydroxylamine groups is 1. The molecule has 24 heavy (non-hydrogen) atoms. The van der Waals surface area contributed by atoms with E-state index in [4.69, 9.17) is 17.1 Å². The van der Waals surface area contributed by atoms with Crippen molar-refractivity contribution in [1.29, 1.82) is 0 Å². The summed E-state index contributed by atoms with van der Waals surface area (Å²) in [5, 5.41) is 5.37. The van der Waals surface area contributed by atoms with Gasteiger partial charge in [0.05, 0.1) is 17.5 Å². The molecule has 0 bridgehead atoms. The Morgan fingerprint density at radius 2 is 1.62 bits per heavy atom. The number of rotatable bonds is 4. The molecule has 0 spiro atoms. The molecule has 0 unspecified atom stereocenters. The molecule has 0 radical (unpaired) electrons. The molecule has 0 heterocycles. The number of hydrogen-bond donors (Lipinski definition) is 2. The van der Waals surface area contributed by atoms with Gasteiger partial charge in [-0.15, -0.1) is 0 Å². The van der Waals surface area contributed by atoms with Gasteiger partial charge in [0.1, 0.15) is 11.6 Å². The monoisotopic (exact) mass is 367 g/mol. The molecule has 0 saturated carbocycles. The number of benzene rings is 2. The lowest BCUT2D eigenvalue weighted by atomic mass is 10.3. The number of anilines is 1. The standard InChI is InChI=1S/C9H11FN2OS.C7H4FNS/c1-2-13-12-9(14)11-8-5-3-7(10)4-6-8;8-6-1-3-7(4-2-6)9-5-10/h3-6H,2H2,1H3,(H2,11,12,14);1-4H. The molecule has 0 saturated heterocycles. The second kappa shape index (κ2) is 11.3. The van der Waals surface area contributed by atoms with Gasteiger partial charge in [0, 0.05) is 5.69 Å². The molecule has 0 atom stereocenters. The normalized spacial score (nSPS) is 9.12.